The maximum absolute atomic E-state index is 12.6. The summed E-state index contributed by atoms with van der Waals surface area (Å²) < 4.78 is 72.6. The number of methoxy groups -OCH3 is 1. The smallest absolute Gasteiger partial charge is 0.292 e. The van der Waals surface area contributed by atoms with Crippen molar-refractivity contribution in [1.29, 1.82) is 0 Å². The SMILES string of the molecule is CCC1COc2cc(Cl)ccc2O1.CN(C)CCOc1ccc(C(=O)NCC2COc3ccccc3O2)cc1.COc1cccc(-c2cccc3c2OC(CNC(=O)c2ccc(OCCN(C)C)cc2)CO3)n1.O=C(NCC1COc2ccccc2O1)c1ccco1.O=C(Nc1ccc2ccccc2n1)c1ccco1. The first kappa shape index (κ1) is 78.6. The topological polar surface area (TPSA) is 276 Å². The largest absolute Gasteiger partial charge is 0.492 e. The number of carbonyl (C=O) groups excluding carboxylic acids is 4. The Morgan fingerprint density at radius 1 is 0.464 bits per heavy atom. The molecule has 26 heteroatoms. The van der Waals surface area contributed by atoms with Gasteiger partial charge in [0.25, 0.3) is 23.6 Å². The average molecular weight is 1520 g/mol. The molecule has 8 heterocycles. The van der Waals surface area contributed by atoms with E-state index in [4.69, 9.17) is 72.5 Å². The zero-order chi connectivity index (χ0) is 77.0. The van der Waals surface area contributed by atoms with E-state index in [1.165, 1.54) is 12.5 Å². The highest BCUT2D eigenvalue weighted by atomic mass is 35.5. The van der Waals surface area contributed by atoms with Gasteiger partial charge in [-0.1, -0.05) is 73.1 Å². The Labute approximate surface area is 642 Å². The summed E-state index contributed by atoms with van der Waals surface area (Å²) in [6, 6.07) is 63.9. The minimum absolute atomic E-state index is 0.146. The van der Waals surface area contributed by atoms with Crippen molar-refractivity contribution in [1.82, 2.24) is 35.7 Å². The van der Waals surface area contributed by atoms with Crippen molar-refractivity contribution in [3.05, 3.63) is 253 Å². The molecule has 0 bridgehead atoms. The lowest BCUT2D eigenvalue weighted by molar-refractivity contribution is 0.0772. The van der Waals surface area contributed by atoms with E-state index in [1.54, 1.807) is 98.1 Å². The number of hydrogen-bond donors (Lipinski definition) is 4. The summed E-state index contributed by atoms with van der Waals surface area (Å²) in [6.45, 7) is 7.77. The van der Waals surface area contributed by atoms with E-state index >= 15 is 0 Å². The first-order valence-electron chi connectivity index (χ1n) is 35.7. The van der Waals surface area contributed by atoms with Crippen LogP contribution in [0.1, 0.15) is 55.2 Å². The van der Waals surface area contributed by atoms with E-state index in [9.17, 15) is 19.2 Å². The summed E-state index contributed by atoms with van der Waals surface area (Å²) in [5, 5.41) is 13.0. The number of aromatic nitrogens is 2. The fourth-order valence-electron chi connectivity index (χ4n) is 10.9. The molecule has 4 aliphatic heterocycles. The maximum atomic E-state index is 12.6. The molecule has 572 valence electrons. The molecular weight excluding hydrogens is 1430 g/mol. The van der Waals surface area contributed by atoms with Gasteiger partial charge in [0.1, 0.15) is 81.4 Å². The van der Waals surface area contributed by atoms with Crippen molar-refractivity contribution in [2.45, 2.75) is 37.8 Å². The van der Waals surface area contributed by atoms with Gasteiger partial charge in [0, 0.05) is 52.3 Å². The Kier molecular flexibility index (Phi) is 28.5. The molecule has 0 spiro atoms. The van der Waals surface area contributed by atoms with Crippen LogP contribution in [0, 0.1) is 0 Å². The highest BCUT2D eigenvalue weighted by molar-refractivity contribution is 6.30. The average Bonchev–Trinajstić information content (AvgIpc) is 0.862. The summed E-state index contributed by atoms with van der Waals surface area (Å²) in [5.41, 5.74) is 3.50. The number of carbonyl (C=O) groups is 4. The van der Waals surface area contributed by atoms with Crippen molar-refractivity contribution in [2.24, 2.45) is 0 Å². The lowest BCUT2D eigenvalue weighted by Gasteiger charge is -2.28. The minimum atomic E-state index is -0.336. The highest BCUT2D eigenvalue weighted by Gasteiger charge is 2.27. The molecule has 4 atom stereocenters. The monoisotopic (exact) mass is 1510 g/mol. The Morgan fingerprint density at radius 3 is 1.52 bits per heavy atom. The summed E-state index contributed by atoms with van der Waals surface area (Å²) in [6.07, 6.45) is 3.32. The molecule has 0 saturated carbocycles. The molecule has 15 rings (SSSR count). The molecule has 4 aromatic heterocycles. The van der Waals surface area contributed by atoms with Gasteiger partial charge in [0.15, 0.2) is 57.5 Å². The molecule has 0 fully saturated rings. The maximum Gasteiger partial charge on any atom is 0.292 e. The number of amides is 4. The summed E-state index contributed by atoms with van der Waals surface area (Å²) >= 11 is 5.81. The molecule has 0 radical (unpaired) electrons. The van der Waals surface area contributed by atoms with Crippen LogP contribution in [0.15, 0.2) is 234 Å². The van der Waals surface area contributed by atoms with Gasteiger partial charge < -0.3 is 92.0 Å². The van der Waals surface area contributed by atoms with Gasteiger partial charge in [-0.2, -0.15) is 0 Å². The van der Waals surface area contributed by atoms with E-state index < -0.39 is 0 Å². The normalized spacial score (nSPS) is 15.2. The number of benzene rings is 7. The first-order valence-corrected chi connectivity index (χ1v) is 36.1. The van der Waals surface area contributed by atoms with Crippen LogP contribution >= 0.6 is 11.6 Å². The van der Waals surface area contributed by atoms with Crippen molar-refractivity contribution in [3.8, 4) is 74.6 Å². The second kappa shape index (κ2) is 39.9. The fourth-order valence-corrected chi connectivity index (χ4v) is 11.0. The van der Waals surface area contributed by atoms with Crippen LogP contribution in [0.25, 0.3) is 22.2 Å². The standard InChI is InChI=1S/C26H29N3O5.C20H24N2O4.C14H10N2O2.C14H13NO4.C10H11ClO2/c1-29(2)14-15-32-19-12-10-18(11-13-19)26(30)27-16-20-17-33-23-8-4-6-21(25(23)34-20)22-7-5-9-24(28-22)31-3;1-22(2)11-12-24-16-9-7-15(8-10-16)20(23)21-13-17-14-25-18-5-3-4-6-19(18)26-17;17-14(12-6-3-9-18-12)16-13-8-7-10-4-1-2-5-11(10)15-13;16-14(13-6-3-7-17-13)15-8-10-9-18-11-4-1-2-5-12(11)19-10;1-2-8-6-12-10-5-7(11)3-4-9(10)13-8/h4-13,20H,14-17H2,1-3H3,(H,27,30);3-10,17H,11-14H2,1-2H3,(H,21,23);1-9H,(H,15,16,17);1-7,10H,8-9H2,(H,15,16);3-5,8H,2,6H2,1H3. The molecule has 4 unspecified atom stereocenters. The van der Waals surface area contributed by atoms with Gasteiger partial charge >= 0.3 is 0 Å². The second-order valence-corrected chi connectivity index (χ2v) is 26.0. The third-order valence-corrected chi connectivity index (χ3v) is 17.0. The molecule has 25 nitrogen and oxygen atoms in total. The fraction of sp³-hybridized carbons (Fsp3) is 0.262. The molecule has 4 aliphatic rings. The lowest BCUT2D eigenvalue weighted by Crippen LogP contribution is -2.40. The number of hydrogen-bond acceptors (Lipinski definition) is 21. The van der Waals surface area contributed by atoms with Gasteiger partial charge in [0.2, 0.25) is 5.88 Å². The van der Waals surface area contributed by atoms with Crippen LogP contribution < -0.4 is 73.4 Å². The van der Waals surface area contributed by atoms with E-state index in [-0.39, 0.29) is 59.6 Å². The van der Waals surface area contributed by atoms with Crippen molar-refractivity contribution in [2.75, 3.05) is 113 Å². The van der Waals surface area contributed by atoms with Gasteiger partial charge in [-0.3, -0.25) is 19.2 Å². The quantitative estimate of drug-likeness (QED) is 0.0491. The Bertz CT molecular complexity index is 4760. The molecule has 0 aliphatic carbocycles. The molecule has 7 aromatic carbocycles. The van der Waals surface area contributed by atoms with Crippen LogP contribution in [-0.2, 0) is 0 Å². The number of nitrogens with zero attached hydrogens (tertiary/aromatic N) is 4. The third-order valence-electron chi connectivity index (χ3n) is 16.8. The van der Waals surface area contributed by atoms with Crippen LogP contribution in [0.4, 0.5) is 5.82 Å². The lowest BCUT2D eigenvalue weighted by atomic mass is 10.1. The molecular formula is C84H87ClN8O17. The van der Waals surface area contributed by atoms with Crippen molar-refractivity contribution in [3.63, 3.8) is 0 Å². The predicted molar refractivity (Wildman–Crippen MR) is 416 cm³/mol. The van der Waals surface area contributed by atoms with Crippen molar-refractivity contribution >= 4 is 52.0 Å². The number of likely N-dealkylation sites (N-methyl/N-ethyl adjacent to an activating group) is 2. The van der Waals surface area contributed by atoms with Crippen molar-refractivity contribution < 1.29 is 80.1 Å². The Hall–Kier alpha value is -12.5. The Balaban J connectivity index is 0.000000141. The number of ether oxygens (including phenoxy) is 11. The van der Waals surface area contributed by atoms with Crippen LogP contribution in [-0.4, -0.2) is 175 Å². The zero-order valence-corrected chi connectivity index (χ0v) is 62.5. The molecule has 4 N–H and O–H groups in total. The number of halogens is 1. The number of rotatable bonds is 22. The molecule has 4 amide bonds. The van der Waals surface area contributed by atoms with E-state index in [0.29, 0.717) is 110 Å². The van der Waals surface area contributed by atoms with Gasteiger partial charge in [-0.25, -0.2) is 9.97 Å². The Morgan fingerprint density at radius 2 is 0.955 bits per heavy atom. The number of para-hydroxylation sites is 6. The molecule has 0 saturated heterocycles. The van der Waals surface area contributed by atoms with Crippen LogP contribution in [0.5, 0.6) is 63.4 Å². The minimum Gasteiger partial charge on any atom is -0.492 e. The van der Waals surface area contributed by atoms with Crippen LogP contribution in [0.2, 0.25) is 5.02 Å². The van der Waals surface area contributed by atoms with Gasteiger partial charge in [-0.05, 0) is 180 Å². The number of pyridine rings is 2. The van der Waals surface area contributed by atoms with E-state index in [0.717, 1.165) is 76.2 Å². The summed E-state index contributed by atoms with van der Waals surface area (Å²) in [5.74, 6) is 7.85. The first-order chi connectivity index (χ1) is 53.6. The second-order valence-electron chi connectivity index (χ2n) is 25.6. The van der Waals surface area contributed by atoms with E-state index in [1.807, 2.05) is 154 Å². The molecule has 11 aromatic rings. The summed E-state index contributed by atoms with van der Waals surface area (Å²) in [7, 11) is 9.56. The highest BCUT2D eigenvalue weighted by Crippen LogP contribution is 2.41. The summed E-state index contributed by atoms with van der Waals surface area (Å²) in [4.78, 5) is 61.3. The van der Waals surface area contributed by atoms with Gasteiger partial charge in [0.05, 0.1) is 50.5 Å². The zero-order valence-electron chi connectivity index (χ0n) is 61.8. The van der Waals surface area contributed by atoms with E-state index in [2.05, 4.69) is 43.1 Å². The number of furan rings is 2. The molecule has 110 heavy (non-hydrogen) atoms. The number of fused-ring (bicyclic) bond motifs is 5. The number of nitrogens with one attached hydrogen (secondary N) is 4. The van der Waals surface area contributed by atoms with Gasteiger partial charge in [-0.15, -0.1) is 0 Å². The predicted octanol–water partition coefficient (Wildman–Crippen LogP) is 13.3. The number of anilines is 1. The van der Waals surface area contributed by atoms with Crippen LogP contribution in [0.3, 0.4) is 0 Å². The third kappa shape index (κ3) is 23.3.